The average molecular weight is 248 g/mol. The van der Waals surface area contributed by atoms with Crippen molar-refractivity contribution in [3.8, 4) is 0 Å². The van der Waals surface area contributed by atoms with Crippen molar-refractivity contribution in [1.29, 1.82) is 0 Å². The fourth-order valence-electron chi connectivity index (χ4n) is 2.58. The Bertz CT molecular complexity index is 359. The van der Waals surface area contributed by atoms with Gasteiger partial charge in [-0.25, -0.2) is 0 Å². The van der Waals surface area contributed by atoms with Gasteiger partial charge >= 0.3 is 0 Å². The summed E-state index contributed by atoms with van der Waals surface area (Å²) in [6, 6.07) is 8.17. The molecule has 0 unspecified atom stereocenters. The van der Waals surface area contributed by atoms with Crippen molar-refractivity contribution in [2.24, 2.45) is 0 Å². The third kappa shape index (κ3) is 3.72. The number of benzene rings is 1. The van der Waals surface area contributed by atoms with Gasteiger partial charge in [0.25, 0.3) is 0 Å². The van der Waals surface area contributed by atoms with Gasteiger partial charge in [0.15, 0.2) is 0 Å². The summed E-state index contributed by atoms with van der Waals surface area (Å²) in [6.07, 6.45) is 3.86. The Morgan fingerprint density at radius 2 is 2.00 bits per heavy atom. The highest BCUT2D eigenvalue weighted by atomic mass is 16.5. The highest BCUT2D eigenvalue weighted by molar-refractivity contribution is 5.46. The zero-order chi connectivity index (χ0) is 12.8. The lowest BCUT2D eigenvalue weighted by atomic mass is 10.1. The third-order valence-electron chi connectivity index (χ3n) is 3.69. The minimum atomic E-state index is 0.480. The molecule has 1 aliphatic rings. The molecular weight excluding hydrogens is 224 g/mol. The third-order valence-corrected chi connectivity index (χ3v) is 3.69. The lowest BCUT2D eigenvalue weighted by Crippen LogP contribution is -2.38. The molecule has 0 saturated carbocycles. The van der Waals surface area contributed by atoms with Crippen molar-refractivity contribution in [3.63, 3.8) is 0 Å². The van der Waals surface area contributed by atoms with Crippen LogP contribution in [0.5, 0.6) is 0 Å². The van der Waals surface area contributed by atoms with E-state index in [-0.39, 0.29) is 0 Å². The van der Waals surface area contributed by atoms with Crippen LogP contribution in [-0.4, -0.2) is 37.2 Å². The summed E-state index contributed by atoms with van der Waals surface area (Å²) >= 11 is 0. The van der Waals surface area contributed by atoms with E-state index in [4.69, 9.17) is 10.5 Å². The fourth-order valence-corrected chi connectivity index (χ4v) is 2.58. The highest BCUT2D eigenvalue weighted by Crippen LogP contribution is 2.16. The second-order valence-corrected chi connectivity index (χ2v) is 4.95. The molecule has 0 amide bonds. The van der Waals surface area contributed by atoms with Crippen LogP contribution in [0.1, 0.15) is 25.3 Å². The molecule has 18 heavy (non-hydrogen) atoms. The first-order valence-corrected chi connectivity index (χ1v) is 6.97. The average Bonchev–Trinajstić information content (AvgIpc) is 2.40. The number of hydrogen-bond acceptors (Lipinski definition) is 3. The van der Waals surface area contributed by atoms with Crippen LogP contribution < -0.4 is 5.73 Å². The van der Waals surface area contributed by atoms with Gasteiger partial charge in [0.2, 0.25) is 0 Å². The van der Waals surface area contributed by atoms with Crippen LogP contribution in [0, 0.1) is 0 Å². The van der Waals surface area contributed by atoms with Crippen LogP contribution in [0.25, 0.3) is 0 Å². The van der Waals surface area contributed by atoms with Gasteiger partial charge in [-0.2, -0.15) is 0 Å². The Morgan fingerprint density at radius 1 is 1.28 bits per heavy atom. The molecule has 1 saturated heterocycles. The van der Waals surface area contributed by atoms with Gasteiger partial charge < -0.3 is 15.4 Å². The summed E-state index contributed by atoms with van der Waals surface area (Å²) in [5.74, 6) is 0. The minimum Gasteiger partial charge on any atom is -0.399 e. The summed E-state index contributed by atoms with van der Waals surface area (Å²) in [6.45, 7) is 6.32. The van der Waals surface area contributed by atoms with E-state index in [0.29, 0.717) is 6.10 Å². The fraction of sp³-hybridized carbons (Fsp3) is 0.600. The second-order valence-electron chi connectivity index (χ2n) is 4.95. The minimum absolute atomic E-state index is 0.480. The SMILES string of the molecule is CCOC1CCN(CCc2ccccc2N)CC1. The number of para-hydroxylation sites is 1. The van der Waals surface area contributed by atoms with Gasteiger partial charge in [-0.05, 0) is 37.8 Å². The van der Waals surface area contributed by atoms with Crippen LogP contribution in [0.3, 0.4) is 0 Å². The Balaban J connectivity index is 1.74. The summed E-state index contributed by atoms with van der Waals surface area (Å²) in [5, 5.41) is 0. The Kier molecular flexibility index (Phi) is 5.02. The van der Waals surface area contributed by atoms with Crippen molar-refractivity contribution < 1.29 is 4.74 Å². The van der Waals surface area contributed by atoms with E-state index in [0.717, 1.165) is 51.2 Å². The molecule has 1 aromatic carbocycles. The molecule has 1 aromatic rings. The number of ether oxygens (including phenoxy) is 1. The summed E-state index contributed by atoms with van der Waals surface area (Å²) < 4.78 is 5.67. The number of hydrogen-bond donors (Lipinski definition) is 1. The van der Waals surface area contributed by atoms with Crippen molar-refractivity contribution in [3.05, 3.63) is 29.8 Å². The smallest absolute Gasteiger partial charge is 0.0599 e. The molecule has 2 rings (SSSR count). The van der Waals surface area contributed by atoms with Crippen LogP contribution >= 0.6 is 0 Å². The maximum absolute atomic E-state index is 5.96. The maximum Gasteiger partial charge on any atom is 0.0599 e. The molecule has 0 aliphatic carbocycles. The molecule has 3 heteroatoms. The number of nitrogen functional groups attached to an aromatic ring is 1. The molecule has 0 radical (unpaired) electrons. The Labute approximate surface area is 110 Å². The van der Waals surface area contributed by atoms with Gasteiger partial charge in [-0.1, -0.05) is 18.2 Å². The maximum atomic E-state index is 5.96. The summed E-state index contributed by atoms with van der Waals surface area (Å²) in [5.41, 5.74) is 8.15. The molecule has 0 atom stereocenters. The predicted octanol–water partition coefficient (Wildman–Crippen LogP) is 2.31. The standard InChI is InChI=1S/C15H24N2O/c1-2-18-14-8-11-17(12-9-14)10-7-13-5-3-4-6-15(13)16/h3-6,14H,2,7-12,16H2,1H3. The number of rotatable bonds is 5. The van der Waals surface area contributed by atoms with E-state index in [1.165, 1.54) is 5.56 Å². The van der Waals surface area contributed by atoms with E-state index in [2.05, 4.69) is 24.0 Å². The zero-order valence-electron chi connectivity index (χ0n) is 11.3. The monoisotopic (exact) mass is 248 g/mol. The van der Waals surface area contributed by atoms with Crippen molar-refractivity contribution in [2.45, 2.75) is 32.3 Å². The van der Waals surface area contributed by atoms with E-state index >= 15 is 0 Å². The molecule has 1 aliphatic heterocycles. The molecule has 2 N–H and O–H groups in total. The molecule has 1 heterocycles. The van der Waals surface area contributed by atoms with Crippen LogP contribution in [-0.2, 0) is 11.2 Å². The van der Waals surface area contributed by atoms with E-state index in [1.54, 1.807) is 0 Å². The lowest BCUT2D eigenvalue weighted by Gasteiger charge is -2.31. The quantitative estimate of drug-likeness (QED) is 0.813. The van der Waals surface area contributed by atoms with Crippen molar-refractivity contribution in [1.82, 2.24) is 4.90 Å². The molecule has 0 aromatic heterocycles. The van der Waals surface area contributed by atoms with E-state index in [1.807, 2.05) is 12.1 Å². The second kappa shape index (κ2) is 6.76. The topological polar surface area (TPSA) is 38.5 Å². The van der Waals surface area contributed by atoms with Crippen molar-refractivity contribution in [2.75, 3.05) is 32.0 Å². The number of anilines is 1. The number of nitrogens with zero attached hydrogens (tertiary/aromatic N) is 1. The largest absolute Gasteiger partial charge is 0.399 e. The normalized spacial score (nSPS) is 18.1. The number of piperidine rings is 1. The summed E-state index contributed by atoms with van der Waals surface area (Å²) in [7, 11) is 0. The molecule has 0 bridgehead atoms. The Hall–Kier alpha value is -1.06. The van der Waals surface area contributed by atoms with Crippen LogP contribution in [0.15, 0.2) is 24.3 Å². The first-order chi connectivity index (χ1) is 8.79. The van der Waals surface area contributed by atoms with Crippen LogP contribution in [0.2, 0.25) is 0 Å². The Morgan fingerprint density at radius 3 is 2.67 bits per heavy atom. The summed E-state index contributed by atoms with van der Waals surface area (Å²) in [4.78, 5) is 2.52. The first-order valence-electron chi connectivity index (χ1n) is 6.97. The zero-order valence-corrected chi connectivity index (χ0v) is 11.3. The molecule has 0 spiro atoms. The lowest BCUT2D eigenvalue weighted by molar-refractivity contribution is 0.0145. The molecule has 100 valence electrons. The van der Waals surface area contributed by atoms with Crippen molar-refractivity contribution >= 4 is 5.69 Å². The van der Waals surface area contributed by atoms with Gasteiger partial charge in [-0.15, -0.1) is 0 Å². The molecule has 3 nitrogen and oxygen atoms in total. The van der Waals surface area contributed by atoms with Gasteiger partial charge in [-0.3, -0.25) is 0 Å². The first kappa shape index (κ1) is 13.4. The van der Waals surface area contributed by atoms with Gasteiger partial charge in [0.05, 0.1) is 6.10 Å². The van der Waals surface area contributed by atoms with E-state index < -0.39 is 0 Å². The van der Waals surface area contributed by atoms with Gasteiger partial charge in [0, 0.05) is 31.9 Å². The molecule has 1 fully saturated rings. The number of nitrogens with two attached hydrogens (primary N) is 1. The highest BCUT2D eigenvalue weighted by Gasteiger charge is 2.18. The van der Waals surface area contributed by atoms with Gasteiger partial charge in [0.1, 0.15) is 0 Å². The predicted molar refractivity (Wildman–Crippen MR) is 75.6 cm³/mol. The van der Waals surface area contributed by atoms with E-state index in [9.17, 15) is 0 Å². The number of likely N-dealkylation sites (tertiary alicyclic amines) is 1. The molecular formula is C15H24N2O. The van der Waals surface area contributed by atoms with Crippen LogP contribution in [0.4, 0.5) is 5.69 Å².